The number of H-pyrrole nitrogens is 2. The second-order valence-corrected chi connectivity index (χ2v) is 9.52. The molecule has 3 N–H and O–H groups in total. The number of allylic oxidation sites excluding steroid dienone is 3. The smallest absolute Gasteiger partial charge is 0.159 e. The second-order valence-electron chi connectivity index (χ2n) is 9.52. The van der Waals surface area contributed by atoms with E-state index in [1.807, 2.05) is 37.4 Å². The third-order valence-corrected chi connectivity index (χ3v) is 6.12. The molecule has 0 spiro atoms. The van der Waals surface area contributed by atoms with E-state index in [-0.39, 0.29) is 0 Å². The lowest BCUT2D eigenvalue weighted by atomic mass is 10.0. The summed E-state index contributed by atoms with van der Waals surface area (Å²) < 4.78 is 0. The molecule has 0 amide bonds. The minimum Gasteiger partial charge on any atom is -0.358 e. The average Bonchev–Trinajstić information content (AvgIpc) is 3.50. The summed E-state index contributed by atoms with van der Waals surface area (Å²) in [5.74, 6) is 1.16. The Morgan fingerprint density at radius 3 is 2.66 bits per heavy atom. The second kappa shape index (κ2) is 10.6. The zero-order valence-electron chi connectivity index (χ0n) is 21.8. The molecule has 0 saturated heterocycles. The summed E-state index contributed by atoms with van der Waals surface area (Å²) in [7, 11) is 0. The quantitative estimate of drug-likeness (QED) is 0.273. The zero-order valence-corrected chi connectivity index (χ0v) is 21.8. The first-order chi connectivity index (χ1) is 18.4. The van der Waals surface area contributed by atoms with E-state index in [1.165, 1.54) is 0 Å². The Labute approximate surface area is 221 Å². The number of nitrogens with one attached hydrogen (secondary N) is 3. The number of hydrogen-bond donors (Lipinski definition) is 3. The van der Waals surface area contributed by atoms with Crippen molar-refractivity contribution in [1.82, 2.24) is 35.1 Å². The molecule has 0 radical (unpaired) electrons. The van der Waals surface area contributed by atoms with E-state index in [9.17, 15) is 0 Å². The topological polar surface area (TPSA) is 108 Å². The lowest BCUT2D eigenvalue weighted by Crippen LogP contribution is -2.22. The van der Waals surface area contributed by atoms with Crippen LogP contribution in [0.1, 0.15) is 32.8 Å². The van der Waals surface area contributed by atoms with E-state index in [0.717, 1.165) is 56.5 Å². The van der Waals surface area contributed by atoms with E-state index in [1.54, 1.807) is 24.8 Å². The molecule has 0 atom stereocenters. The highest BCUT2D eigenvalue weighted by molar-refractivity contribution is 5.92. The predicted octanol–water partition coefficient (Wildman–Crippen LogP) is 5.07. The van der Waals surface area contributed by atoms with Crippen LogP contribution in [0.5, 0.6) is 0 Å². The number of imidazole rings is 1. The fraction of sp³-hybridized carbons (Fsp3) is 0.167. The summed E-state index contributed by atoms with van der Waals surface area (Å²) in [6, 6.07) is 7.82. The first kappa shape index (κ1) is 24.8. The van der Waals surface area contributed by atoms with Crippen LogP contribution in [0.4, 0.5) is 5.69 Å². The third kappa shape index (κ3) is 5.15. The van der Waals surface area contributed by atoms with Gasteiger partial charge in [0.1, 0.15) is 11.2 Å². The van der Waals surface area contributed by atoms with Crippen molar-refractivity contribution >= 4 is 34.9 Å². The molecule has 5 rings (SSSR count). The van der Waals surface area contributed by atoms with Gasteiger partial charge in [0, 0.05) is 46.8 Å². The number of pyridine rings is 3. The fourth-order valence-corrected chi connectivity index (χ4v) is 4.39. The Morgan fingerprint density at radius 2 is 1.89 bits per heavy atom. The van der Waals surface area contributed by atoms with Crippen molar-refractivity contribution in [2.45, 2.75) is 27.2 Å². The molecule has 0 aliphatic carbocycles. The Hall–Kier alpha value is -4.85. The van der Waals surface area contributed by atoms with Gasteiger partial charge < -0.3 is 10.3 Å². The summed E-state index contributed by atoms with van der Waals surface area (Å²) in [5, 5.41) is 12.5. The molecule has 0 saturated carbocycles. The molecular formula is C30H30N8. The largest absolute Gasteiger partial charge is 0.358 e. The minimum absolute atomic E-state index is 0.523. The van der Waals surface area contributed by atoms with Crippen LogP contribution < -0.4 is 15.9 Å². The van der Waals surface area contributed by atoms with Crippen LogP contribution in [0.3, 0.4) is 0 Å². The molecule has 5 aromatic heterocycles. The highest BCUT2D eigenvalue weighted by Gasteiger charge is 2.15. The summed E-state index contributed by atoms with van der Waals surface area (Å²) in [6.45, 7) is 14.7. The van der Waals surface area contributed by atoms with Crippen molar-refractivity contribution in [3.05, 3.63) is 89.7 Å². The normalized spacial score (nSPS) is 12.4. The van der Waals surface area contributed by atoms with Crippen molar-refractivity contribution in [2.75, 3.05) is 5.32 Å². The molecule has 8 heteroatoms. The van der Waals surface area contributed by atoms with Crippen LogP contribution in [0.25, 0.3) is 52.0 Å². The van der Waals surface area contributed by atoms with Crippen molar-refractivity contribution in [3.63, 3.8) is 0 Å². The van der Waals surface area contributed by atoms with Gasteiger partial charge in [0.2, 0.25) is 0 Å². The van der Waals surface area contributed by atoms with Crippen molar-refractivity contribution in [2.24, 2.45) is 5.92 Å². The van der Waals surface area contributed by atoms with Crippen LogP contribution in [0.2, 0.25) is 0 Å². The maximum absolute atomic E-state index is 4.89. The van der Waals surface area contributed by atoms with Gasteiger partial charge in [0.15, 0.2) is 5.82 Å². The molecule has 190 valence electrons. The van der Waals surface area contributed by atoms with Crippen molar-refractivity contribution in [1.29, 1.82) is 0 Å². The molecule has 0 bridgehead atoms. The van der Waals surface area contributed by atoms with Gasteiger partial charge in [-0.1, -0.05) is 33.1 Å². The van der Waals surface area contributed by atoms with Gasteiger partial charge in [-0.05, 0) is 55.2 Å². The molecule has 0 fully saturated rings. The van der Waals surface area contributed by atoms with E-state index in [2.05, 4.69) is 74.6 Å². The van der Waals surface area contributed by atoms with Crippen LogP contribution in [-0.2, 0) is 0 Å². The first-order valence-electron chi connectivity index (χ1n) is 12.5. The predicted molar refractivity (Wildman–Crippen MR) is 154 cm³/mol. The molecule has 0 aliphatic heterocycles. The lowest BCUT2D eigenvalue weighted by Gasteiger charge is -2.12. The van der Waals surface area contributed by atoms with Crippen LogP contribution >= 0.6 is 0 Å². The summed E-state index contributed by atoms with van der Waals surface area (Å²) in [4.78, 5) is 21.4. The third-order valence-electron chi connectivity index (χ3n) is 6.12. The van der Waals surface area contributed by atoms with E-state index >= 15 is 0 Å². The van der Waals surface area contributed by atoms with Crippen LogP contribution in [0, 0.1) is 5.92 Å². The molecule has 5 aromatic rings. The summed E-state index contributed by atoms with van der Waals surface area (Å²) in [5.41, 5.74) is 7.87. The van der Waals surface area contributed by atoms with Gasteiger partial charge in [-0.15, -0.1) is 0 Å². The van der Waals surface area contributed by atoms with Crippen molar-refractivity contribution < 1.29 is 0 Å². The first-order valence-corrected chi connectivity index (χ1v) is 12.5. The number of anilines is 1. The number of nitrogens with zero attached hydrogens (tertiary/aromatic N) is 5. The average molecular weight is 503 g/mol. The Kier molecular flexibility index (Phi) is 6.95. The standard InChI is InChI=1S/C30H30N8/c1-6-21(23-14-24(17-32-16-23)34-19(4)13-18(2)3)15-25-20(5)37-38-28(25)30-35-26-9-12-33-27(29(26)36-30)22-7-10-31-11-8-22/h6-12,14-18,34,37H,4-5,13H2,1-3H3,(H,35,36)/b21-6+,25-15+. The highest BCUT2D eigenvalue weighted by atomic mass is 15.1. The van der Waals surface area contributed by atoms with E-state index in [0.29, 0.717) is 22.8 Å². The van der Waals surface area contributed by atoms with Crippen molar-refractivity contribution in [3.8, 4) is 22.8 Å². The lowest BCUT2D eigenvalue weighted by molar-refractivity contribution is 0.645. The number of aromatic nitrogens is 7. The van der Waals surface area contributed by atoms with E-state index in [4.69, 9.17) is 4.98 Å². The number of hydrogen-bond acceptors (Lipinski definition) is 6. The highest BCUT2D eigenvalue weighted by Crippen LogP contribution is 2.26. The molecular weight excluding hydrogens is 472 g/mol. The zero-order chi connectivity index (χ0) is 26.6. The monoisotopic (exact) mass is 502 g/mol. The molecule has 0 unspecified atom stereocenters. The molecule has 5 heterocycles. The Morgan fingerprint density at radius 1 is 1.08 bits per heavy atom. The van der Waals surface area contributed by atoms with Gasteiger partial charge >= 0.3 is 0 Å². The molecule has 0 aromatic carbocycles. The van der Waals surface area contributed by atoms with Gasteiger partial charge in [-0.3, -0.25) is 20.1 Å². The maximum Gasteiger partial charge on any atom is 0.159 e. The van der Waals surface area contributed by atoms with E-state index < -0.39 is 0 Å². The molecule has 38 heavy (non-hydrogen) atoms. The number of aromatic amines is 2. The van der Waals surface area contributed by atoms with Gasteiger partial charge in [0.05, 0.1) is 28.4 Å². The SMILES string of the molecule is C=C(CC(C)C)Nc1cncc(C(/C=c2/c(-c3nc4c(-c5ccncc5)nccc4[nH]3)n[nH]c2=C)=C/C)c1. The fourth-order valence-electron chi connectivity index (χ4n) is 4.39. The molecule has 8 nitrogen and oxygen atoms in total. The van der Waals surface area contributed by atoms with Gasteiger partial charge in [-0.25, -0.2) is 4.98 Å². The minimum atomic E-state index is 0.523. The Balaban J connectivity index is 1.54. The molecule has 0 aliphatic rings. The summed E-state index contributed by atoms with van der Waals surface area (Å²) >= 11 is 0. The van der Waals surface area contributed by atoms with Gasteiger partial charge in [-0.2, -0.15) is 5.10 Å². The Bertz CT molecular complexity index is 1740. The van der Waals surface area contributed by atoms with Crippen LogP contribution in [0.15, 0.2) is 73.6 Å². The number of rotatable bonds is 8. The maximum atomic E-state index is 4.89. The number of fused-ring (bicyclic) bond motifs is 1. The van der Waals surface area contributed by atoms with Crippen LogP contribution in [-0.4, -0.2) is 35.1 Å². The van der Waals surface area contributed by atoms with Gasteiger partial charge in [0.25, 0.3) is 0 Å². The summed E-state index contributed by atoms with van der Waals surface area (Å²) in [6.07, 6.45) is 13.9.